The summed E-state index contributed by atoms with van der Waals surface area (Å²) in [7, 11) is -3.76. The normalized spacial score (nSPS) is 11.5. The van der Waals surface area contributed by atoms with Crippen molar-refractivity contribution in [3.8, 4) is 0 Å². The van der Waals surface area contributed by atoms with Crippen LogP contribution in [-0.2, 0) is 27.5 Å². The molecule has 0 saturated heterocycles. The third kappa shape index (κ3) is 3.66. The van der Waals surface area contributed by atoms with E-state index in [4.69, 9.17) is 9.29 Å². The van der Waals surface area contributed by atoms with Gasteiger partial charge in [0.25, 0.3) is 10.1 Å². The van der Waals surface area contributed by atoms with Gasteiger partial charge in [-0.3, -0.25) is 4.18 Å². The molecule has 0 aliphatic carbocycles. The quantitative estimate of drug-likeness (QED) is 0.859. The van der Waals surface area contributed by atoms with Crippen LogP contribution in [0.4, 0.5) is 0 Å². The smallest absolute Gasteiger partial charge is 0.297 e. The maximum absolute atomic E-state index is 12.0. The fourth-order valence-corrected chi connectivity index (χ4v) is 2.63. The summed E-state index contributed by atoms with van der Waals surface area (Å²) in [4.78, 5) is 0.140. The van der Waals surface area contributed by atoms with Gasteiger partial charge in [-0.1, -0.05) is 42.0 Å². The molecule has 106 valence electrons. The first-order valence-electron chi connectivity index (χ1n) is 6.16. The zero-order valence-corrected chi connectivity index (χ0v) is 11.9. The SMILES string of the molecule is Cc1ccc(S(=O)(=O)OCc2cccc(CO)c2)cc1. The van der Waals surface area contributed by atoms with E-state index in [0.29, 0.717) is 5.56 Å². The highest BCUT2D eigenvalue weighted by molar-refractivity contribution is 7.86. The van der Waals surface area contributed by atoms with Gasteiger partial charge in [-0.15, -0.1) is 0 Å². The molecule has 0 aliphatic heterocycles. The predicted molar refractivity (Wildman–Crippen MR) is 75.5 cm³/mol. The minimum atomic E-state index is -3.76. The second-order valence-electron chi connectivity index (χ2n) is 4.51. The Morgan fingerprint density at radius 1 is 1.05 bits per heavy atom. The van der Waals surface area contributed by atoms with Gasteiger partial charge in [-0.25, -0.2) is 0 Å². The average Bonchev–Trinajstić information content (AvgIpc) is 2.46. The average molecular weight is 292 g/mol. The Morgan fingerprint density at radius 2 is 1.70 bits per heavy atom. The van der Waals surface area contributed by atoms with Crippen LogP contribution in [0.2, 0.25) is 0 Å². The summed E-state index contributed by atoms with van der Waals surface area (Å²) in [6, 6.07) is 13.5. The topological polar surface area (TPSA) is 63.6 Å². The van der Waals surface area contributed by atoms with Gasteiger partial charge in [0.15, 0.2) is 0 Å². The summed E-state index contributed by atoms with van der Waals surface area (Å²) in [5, 5.41) is 9.04. The maximum Gasteiger partial charge on any atom is 0.297 e. The number of benzene rings is 2. The number of hydrogen-bond acceptors (Lipinski definition) is 4. The lowest BCUT2D eigenvalue weighted by atomic mass is 10.1. The molecule has 20 heavy (non-hydrogen) atoms. The molecule has 5 heteroatoms. The summed E-state index contributed by atoms with van der Waals surface area (Å²) < 4.78 is 29.0. The van der Waals surface area contributed by atoms with Gasteiger partial charge in [0.05, 0.1) is 18.1 Å². The van der Waals surface area contributed by atoms with Gasteiger partial charge in [0.1, 0.15) is 0 Å². The largest absolute Gasteiger partial charge is 0.392 e. The number of rotatable bonds is 5. The second kappa shape index (κ2) is 6.17. The lowest BCUT2D eigenvalue weighted by Gasteiger charge is -2.07. The van der Waals surface area contributed by atoms with Crippen LogP contribution in [0.1, 0.15) is 16.7 Å². The Labute approximate surface area is 118 Å². The summed E-state index contributed by atoms with van der Waals surface area (Å²) in [6.07, 6.45) is 0. The highest BCUT2D eigenvalue weighted by Gasteiger charge is 2.14. The van der Waals surface area contributed by atoms with Crippen molar-refractivity contribution in [2.75, 3.05) is 0 Å². The van der Waals surface area contributed by atoms with Crippen molar-refractivity contribution in [2.24, 2.45) is 0 Å². The zero-order chi connectivity index (χ0) is 14.6. The zero-order valence-electron chi connectivity index (χ0n) is 11.1. The third-order valence-electron chi connectivity index (χ3n) is 2.86. The van der Waals surface area contributed by atoms with E-state index in [-0.39, 0.29) is 18.1 Å². The Kier molecular flexibility index (Phi) is 4.54. The summed E-state index contributed by atoms with van der Waals surface area (Å²) in [5.41, 5.74) is 2.41. The van der Waals surface area contributed by atoms with E-state index in [1.165, 1.54) is 12.1 Å². The van der Waals surface area contributed by atoms with Gasteiger partial charge in [-0.2, -0.15) is 8.42 Å². The van der Waals surface area contributed by atoms with Crippen LogP contribution >= 0.6 is 0 Å². The molecular formula is C15H16O4S. The number of aliphatic hydroxyl groups excluding tert-OH is 1. The maximum atomic E-state index is 12.0. The van der Waals surface area contributed by atoms with E-state index in [1.807, 2.05) is 6.92 Å². The van der Waals surface area contributed by atoms with Crippen LogP contribution in [0.25, 0.3) is 0 Å². The van der Waals surface area contributed by atoms with Crippen molar-refractivity contribution in [2.45, 2.75) is 25.0 Å². The standard InChI is InChI=1S/C15H16O4S/c1-12-5-7-15(8-6-12)20(17,18)19-11-14-4-2-3-13(9-14)10-16/h2-9,16H,10-11H2,1H3. The summed E-state index contributed by atoms with van der Waals surface area (Å²) >= 11 is 0. The number of hydrogen-bond donors (Lipinski definition) is 1. The van der Waals surface area contributed by atoms with Gasteiger partial charge in [0, 0.05) is 0 Å². The second-order valence-corrected chi connectivity index (χ2v) is 6.12. The van der Waals surface area contributed by atoms with E-state index >= 15 is 0 Å². The van der Waals surface area contributed by atoms with Crippen molar-refractivity contribution < 1.29 is 17.7 Å². The molecule has 0 heterocycles. The lowest BCUT2D eigenvalue weighted by molar-refractivity contribution is 0.280. The fraction of sp³-hybridized carbons (Fsp3) is 0.200. The van der Waals surface area contributed by atoms with Gasteiger partial charge in [-0.05, 0) is 30.2 Å². The first-order chi connectivity index (χ1) is 9.51. The highest BCUT2D eigenvalue weighted by atomic mass is 32.2. The molecule has 0 fully saturated rings. The van der Waals surface area contributed by atoms with Crippen molar-refractivity contribution in [3.05, 3.63) is 65.2 Å². The lowest BCUT2D eigenvalue weighted by Crippen LogP contribution is -2.06. The Hall–Kier alpha value is -1.69. The minimum Gasteiger partial charge on any atom is -0.392 e. The fourth-order valence-electron chi connectivity index (χ4n) is 1.74. The van der Waals surface area contributed by atoms with Crippen LogP contribution in [0.15, 0.2) is 53.4 Å². The molecule has 0 unspecified atom stereocenters. The van der Waals surface area contributed by atoms with Crippen molar-refractivity contribution in [3.63, 3.8) is 0 Å². The van der Waals surface area contributed by atoms with E-state index in [9.17, 15) is 8.42 Å². The van der Waals surface area contributed by atoms with Gasteiger partial charge < -0.3 is 5.11 Å². The van der Waals surface area contributed by atoms with Crippen molar-refractivity contribution >= 4 is 10.1 Å². The number of aryl methyl sites for hydroxylation is 1. The molecule has 0 atom stereocenters. The highest BCUT2D eigenvalue weighted by Crippen LogP contribution is 2.16. The van der Waals surface area contributed by atoms with E-state index in [2.05, 4.69) is 0 Å². The number of aliphatic hydroxyl groups is 1. The predicted octanol–water partition coefficient (Wildman–Crippen LogP) is 2.39. The molecule has 4 nitrogen and oxygen atoms in total. The molecule has 2 aromatic rings. The Bertz CT molecular complexity index is 675. The molecular weight excluding hydrogens is 276 g/mol. The molecule has 0 amide bonds. The molecule has 1 N–H and O–H groups in total. The molecule has 0 spiro atoms. The molecule has 2 rings (SSSR count). The van der Waals surface area contributed by atoms with E-state index < -0.39 is 10.1 Å². The Balaban J connectivity index is 2.10. The monoisotopic (exact) mass is 292 g/mol. The molecule has 0 aromatic heterocycles. The van der Waals surface area contributed by atoms with E-state index in [1.54, 1.807) is 36.4 Å². The van der Waals surface area contributed by atoms with Crippen molar-refractivity contribution in [1.82, 2.24) is 0 Å². The minimum absolute atomic E-state index is 0.0515. The molecule has 0 saturated carbocycles. The van der Waals surface area contributed by atoms with Crippen molar-refractivity contribution in [1.29, 1.82) is 0 Å². The summed E-state index contributed by atoms with van der Waals surface area (Å²) in [6.45, 7) is 1.75. The van der Waals surface area contributed by atoms with Crippen LogP contribution in [-0.4, -0.2) is 13.5 Å². The van der Waals surface area contributed by atoms with Crippen LogP contribution < -0.4 is 0 Å². The van der Waals surface area contributed by atoms with E-state index in [0.717, 1.165) is 11.1 Å². The van der Waals surface area contributed by atoms with Crippen LogP contribution in [0.5, 0.6) is 0 Å². The summed E-state index contributed by atoms with van der Waals surface area (Å²) in [5.74, 6) is 0. The molecule has 0 aliphatic rings. The van der Waals surface area contributed by atoms with Gasteiger partial charge >= 0.3 is 0 Å². The van der Waals surface area contributed by atoms with Crippen LogP contribution in [0, 0.1) is 6.92 Å². The molecule has 2 aromatic carbocycles. The first-order valence-corrected chi connectivity index (χ1v) is 7.57. The molecule has 0 radical (unpaired) electrons. The first kappa shape index (κ1) is 14.7. The molecule has 0 bridgehead atoms. The van der Waals surface area contributed by atoms with Crippen LogP contribution in [0.3, 0.4) is 0 Å². The van der Waals surface area contributed by atoms with Gasteiger partial charge in [0.2, 0.25) is 0 Å². The third-order valence-corrected chi connectivity index (χ3v) is 4.14. The Morgan fingerprint density at radius 3 is 2.35 bits per heavy atom.